The number of ether oxygens (including phenoxy) is 6. The van der Waals surface area contributed by atoms with Gasteiger partial charge in [-0.1, -0.05) is 0 Å². The Morgan fingerprint density at radius 3 is 1.85 bits per heavy atom. The quantitative estimate of drug-likeness (QED) is 0.151. The van der Waals surface area contributed by atoms with E-state index in [9.17, 15) is 19.7 Å². The maximum absolute atomic E-state index is 11.6. The molecule has 1 aromatic rings. The van der Waals surface area contributed by atoms with Crippen molar-refractivity contribution in [1.29, 1.82) is 0 Å². The van der Waals surface area contributed by atoms with Crippen molar-refractivity contribution in [3.63, 3.8) is 0 Å². The third kappa shape index (κ3) is 15.9. The molecule has 0 aromatic heterocycles. The van der Waals surface area contributed by atoms with Crippen LogP contribution in [0.2, 0.25) is 0 Å². The second kappa shape index (κ2) is 16.8. The molecule has 0 spiro atoms. The Labute approximate surface area is 198 Å². The molecule has 1 aromatic carbocycles. The lowest BCUT2D eigenvalue weighted by molar-refractivity contribution is -0.384. The topological polar surface area (TPSA) is 145 Å². The number of non-ortho nitro benzene ring substituents is 1. The first kappa shape index (κ1) is 29.2. The van der Waals surface area contributed by atoms with Gasteiger partial charge in [-0.05, 0) is 32.9 Å². The summed E-state index contributed by atoms with van der Waals surface area (Å²) in [4.78, 5) is 33.2. The van der Waals surface area contributed by atoms with E-state index in [1.54, 1.807) is 0 Å². The number of nitro benzene ring substituents is 1. The Balaban J connectivity index is 1.86. The van der Waals surface area contributed by atoms with Crippen molar-refractivity contribution in [2.24, 2.45) is 0 Å². The third-order valence-corrected chi connectivity index (χ3v) is 3.76. The number of rotatable bonds is 17. The smallest absolute Gasteiger partial charge is 0.412 e. The number of esters is 1. The van der Waals surface area contributed by atoms with Crippen LogP contribution in [-0.4, -0.2) is 82.0 Å². The number of nitrogens with one attached hydrogen (secondary N) is 1. The van der Waals surface area contributed by atoms with Crippen molar-refractivity contribution in [3.05, 3.63) is 34.4 Å². The van der Waals surface area contributed by atoms with Crippen LogP contribution in [0, 0.1) is 10.1 Å². The Bertz CT molecular complexity index is 734. The summed E-state index contributed by atoms with van der Waals surface area (Å²) in [6, 6.07) is 5.18. The fraction of sp³-hybridized carbons (Fsp3) is 0.636. The van der Waals surface area contributed by atoms with Crippen LogP contribution < -0.4 is 10.1 Å². The number of amides is 1. The molecule has 0 atom stereocenters. The number of hydrogen-bond donors (Lipinski definition) is 1. The lowest BCUT2D eigenvalue weighted by Crippen LogP contribution is -2.30. The molecule has 12 heteroatoms. The molecule has 0 radical (unpaired) electrons. The molecule has 0 bridgehead atoms. The fourth-order valence-corrected chi connectivity index (χ4v) is 2.31. The van der Waals surface area contributed by atoms with Gasteiger partial charge >= 0.3 is 12.1 Å². The van der Waals surface area contributed by atoms with E-state index in [-0.39, 0.29) is 43.6 Å². The largest absolute Gasteiger partial charge is 0.460 e. The van der Waals surface area contributed by atoms with E-state index in [0.29, 0.717) is 39.6 Å². The summed E-state index contributed by atoms with van der Waals surface area (Å²) in [7, 11) is 0. The van der Waals surface area contributed by atoms with Crippen molar-refractivity contribution >= 4 is 17.7 Å². The molecular weight excluding hydrogens is 452 g/mol. The normalized spacial score (nSPS) is 11.1. The minimum absolute atomic E-state index is 0.0869. The van der Waals surface area contributed by atoms with Gasteiger partial charge in [-0.15, -0.1) is 0 Å². The summed E-state index contributed by atoms with van der Waals surface area (Å²) in [6.45, 7) is 8.57. The summed E-state index contributed by atoms with van der Waals surface area (Å²) >= 11 is 0. The van der Waals surface area contributed by atoms with Crippen LogP contribution in [0.1, 0.15) is 27.2 Å². The first-order chi connectivity index (χ1) is 16.2. The van der Waals surface area contributed by atoms with E-state index in [1.807, 2.05) is 20.8 Å². The van der Waals surface area contributed by atoms with Crippen molar-refractivity contribution in [2.75, 3.05) is 59.4 Å². The van der Waals surface area contributed by atoms with Crippen LogP contribution in [-0.2, 0) is 28.5 Å². The minimum atomic E-state index is -0.681. The number of carbonyl (C=O) groups excluding carboxylic acids is 2. The molecular formula is C22H34N2O10. The standard InChI is InChI=1S/C22H34N2O10/c1-22(2,3)34-20(25)8-10-29-12-14-31-16-17-32-15-13-30-11-9-23-21(26)33-19-6-4-18(5-7-19)24(27)28/h4-7H,8-17H2,1-3H3,(H,23,26). The molecule has 12 nitrogen and oxygen atoms in total. The summed E-state index contributed by atoms with van der Waals surface area (Å²) in [5.41, 5.74) is -0.578. The van der Waals surface area contributed by atoms with Crippen LogP contribution in [0.3, 0.4) is 0 Å². The molecule has 0 heterocycles. The number of carbonyl (C=O) groups is 2. The molecule has 1 amide bonds. The summed E-state index contributed by atoms with van der Waals surface area (Å²) in [6.07, 6.45) is -0.476. The molecule has 1 rings (SSSR count). The number of nitro groups is 1. The van der Waals surface area contributed by atoms with Gasteiger partial charge in [0.1, 0.15) is 11.4 Å². The van der Waals surface area contributed by atoms with E-state index in [4.69, 9.17) is 28.4 Å². The predicted molar refractivity (Wildman–Crippen MR) is 121 cm³/mol. The van der Waals surface area contributed by atoms with E-state index in [1.165, 1.54) is 24.3 Å². The molecule has 0 aliphatic rings. The maximum atomic E-state index is 11.6. The highest BCUT2D eigenvalue weighted by Crippen LogP contribution is 2.17. The van der Waals surface area contributed by atoms with Crippen LogP contribution in [0.25, 0.3) is 0 Å². The summed E-state index contributed by atoms with van der Waals surface area (Å²) < 4.78 is 31.5. The van der Waals surface area contributed by atoms with Crippen molar-refractivity contribution in [2.45, 2.75) is 32.8 Å². The number of benzene rings is 1. The Hall–Kier alpha value is -2.80. The molecule has 192 valence electrons. The highest BCUT2D eigenvalue weighted by Gasteiger charge is 2.15. The van der Waals surface area contributed by atoms with E-state index >= 15 is 0 Å². The average molecular weight is 487 g/mol. The van der Waals surface area contributed by atoms with Gasteiger partial charge in [0.2, 0.25) is 0 Å². The number of nitrogens with zero attached hydrogens (tertiary/aromatic N) is 1. The van der Waals surface area contributed by atoms with Crippen molar-refractivity contribution in [3.8, 4) is 5.75 Å². The van der Waals surface area contributed by atoms with E-state index in [0.717, 1.165) is 0 Å². The zero-order chi connectivity index (χ0) is 25.2. The molecule has 0 aliphatic carbocycles. The molecule has 1 N–H and O–H groups in total. The lowest BCUT2D eigenvalue weighted by atomic mass is 10.2. The molecule has 0 saturated carbocycles. The van der Waals surface area contributed by atoms with Crippen LogP contribution in [0.15, 0.2) is 24.3 Å². The van der Waals surface area contributed by atoms with Crippen LogP contribution in [0.4, 0.5) is 10.5 Å². The zero-order valence-electron chi connectivity index (χ0n) is 19.9. The first-order valence-corrected chi connectivity index (χ1v) is 10.9. The van der Waals surface area contributed by atoms with Gasteiger partial charge in [-0.25, -0.2) is 4.79 Å². The van der Waals surface area contributed by atoms with Gasteiger partial charge in [-0.3, -0.25) is 14.9 Å². The SMILES string of the molecule is CC(C)(C)OC(=O)CCOCCOCCOCCOCCNC(=O)Oc1ccc([N+](=O)[O-])cc1. The van der Waals surface area contributed by atoms with Gasteiger partial charge in [0.25, 0.3) is 5.69 Å². The maximum Gasteiger partial charge on any atom is 0.412 e. The molecule has 0 saturated heterocycles. The van der Waals surface area contributed by atoms with E-state index in [2.05, 4.69) is 5.32 Å². The second-order valence-corrected chi connectivity index (χ2v) is 7.85. The molecule has 0 fully saturated rings. The molecule has 0 aliphatic heterocycles. The highest BCUT2D eigenvalue weighted by molar-refractivity contribution is 5.70. The molecule has 34 heavy (non-hydrogen) atoms. The second-order valence-electron chi connectivity index (χ2n) is 7.85. The van der Waals surface area contributed by atoms with Crippen LogP contribution >= 0.6 is 0 Å². The van der Waals surface area contributed by atoms with Gasteiger partial charge in [0, 0.05) is 18.7 Å². The Morgan fingerprint density at radius 2 is 1.35 bits per heavy atom. The van der Waals surface area contributed by atoms with Crippen molar-refractivity contribution < 1.29 is 42.9 Å². The molecule has 0 unspecified atom stereocenters. The predicted octanol–water partition coefficient (Wildman–Crippen LogP) is 2.48. The van der Waals surface area contributed by atoms with Crippen molar-refractivity contribution in [1.82, 2.24) is 5.32 Å². The fourth-order valence-electron chi connectivity index (χ4n) is 2.31. The zero-order valence-corrected chi connectivity index (χ0v) is 19.9. The minimum Gasteiger partial charge on any atom is -0.460 e. The van der Waals surface area contributed by atoms with E-state index < -0.39 is 16.6 Å². The average Bonchev–Trinajstić information content (AvgIpc) is 2.75. The Kier molecular flexibility index (Phi) is 14.4. The lowest BCUT2D eigenvalue weighted by Gasteiger charge is -2.19. The van der Waals surface area contributed by atoms with Crippen LogP contribution in [0.5, 0.6) is 5.75 Å². The van der Waals surface area contributed by atoms with Gasteiger partial charge in [-0.2, -0.15) is 0 Å². The van der Waals surface area contributed by atoms with Gasteiger partial charge < -0.3 is 33.7 Å². The summed E-state index contributed by atoms with van der Waals surface area (Å²) in [5.74, 6) is -0.0889. The highest BCUT2D eigenvalue weighted by atomic mass is 16.6. The van der Waals surface area contributed by atoms with Gasteiger partial charge in [0.15, 0.2) is 0 Å². The Morgan fingerprint density at radius 1 is 0.853 bits per heavy atom. The number of hydrogen-bond acceptors (Lipinski definition) is 10. The first-order valence-electron chi connectivity index (χ1n) is 10.9. The third-order valence-electron chi connectivity index (χ3n) is 3.76. The monoisotopic (exact) mass is 486 g/mol. The van der Waals surface area contributed by atoms with Gasteiger partial charge in [0.05, 0.1) is 64.2 Å². The summed E-state index contributed by atoms with van der Waals surface area (Å²) in [5, 5.41) is 13.1.